The van der Waals surface area contributed by atoms with Gasteiger partial charge in [0.15, 0.2) is 0 Å². The molecule has 0 radical (unpaired) electrons. The molecule has 3 aromatic rings. The van der Waals surface area contributed by atoms with E-state index in [-0.39, 0.29) is 5.91 Å². The number of carbonyl (C=O) groups excluding carboxylic acids is 1. The summed E-state index contributed by atoms with van der Waals surface area (Å²) in [6.45, 7) is 3.93. The lowest BCUT2D eigenvalue weighted by atomic mass is 10.2. The maximum atomic E-state index is 12.5. The summed E-state index contributed by atoms with van der Waals surface area (Å²) in [7, 11) is 0. The van der Waals surface area contributed by atoms with E-state index < -0.39 is 0 Å². The number of hydrogen-bond acceptors (Lipinski definition) is 2. The predicted octanol–water partition coefficient (Wildman–Crippen LogP) is 6.08. The number of anilines is 1. The van der Waals surface area contributed by atoms with Gasteiger partial charge in [0.1, 0.15) is 4.88 Å². The van der Waals surface area contributed by atoms with Gasteiger partial charge in [0, 0.05) is 20.8 Å². The van der Waals surface area contributed by atoms with Crippen LogP contribution in [0.25, 0.3) is 10.1 Å². The highest BCUT2D eigenvalue weighted by Gasteiger charge is 2.18. The maximum Gasteiger partial charge on any atom is 0.267 e. The molecule has 1 amide bonds. The average molecular weight is 350 g/mol. The van der Waals surface area contributed by atoms with Gasteiger partial charge in [0.25, 0.3) is 5.91 Å². The molecule has 22 heavy (non-hydrogen) atoms. The third-order valence-electron chi connectivity index (χ3n) is 3.44. The molecule has 0 aliphatic heterocycles. The van der Waals surface area contributed by atoms with E-state index in [1.165, 1.54) is 11.3 Å². The first-order valence-corrected chi connectivity index (χ1v) is 8.29. The Bertz CT molecular complexity index is 886. The number of thiophene rings is 1. The van der Waals surface area contributed by atoms with Crippen molar-refractivity contribution in [3.63, 3.8) is 0 Å². The van der Waals surface area contributed by atoms with E-state index in [0.29, 0.717) is 20.6 Å². The minimum absolute atomic E-state index is 0.214. The number of amides is 1. The number of nitrogens with one attached hydrogen (secondary N) is 1. The van der Waals surface area contributed by atoms with E-state index in [9.17, 15) is 4.79 Å². The molecule has 0 bridgehead atoms. The summed E-state index contributed by atoms with van der Waals surface area (Å²) < 4.78 is 1.01. The first-order chi connectivity index (χ1) is 10.5. The van der Waals surface area contributed by atoms with E-state index >= 15 is 0 Å². The van der Waals surface area contributed by atoms with Crippen molar-refractivity contribution in [1.82, 2.24) is 0 Å². The molecule has 2 nitrogen and oxygen atoms in total. The molecule has 0 spiro atoms. The quantitative estimate of drug-likeness (QED) is 0.596. The summed E-state index contributed by atoms with van der Waals surface area (Å²) in [5.74, 6) is -0.214. The van der Waals surface area contributed by atoms with Crippen LogP contribution in [-0.4, -0.2) is 5.91 Å². The number of carbonyl (C=O) groups is 1. The number of halogens is 2. The van der Waals surface area contributed by atoms with Crippen LogP contribution in [0.5, 0.6) is 0 Å². The van der Waals surface area contributed by atoms with Crippen LogP contribution in [0, 0.1) is 13.8 Å². The highest BCUT2D eigenvalue weighted by molar-refractivity contribution is 7.21. The second-order valence-electron chi connectivity index (χ2n) is 5.16. The van der Waals surface area contributed by atoms with E-state index in [4.69, 9.17) is 23.2 Å². The highest BCUT2D eigenvalue weighted by Crippen LogP contribution is 2.36. The molecule has 0 aliphatic carbocycles. The second kappa shape index (κ2) is 5.92. The fraction of sp³-hybridized carbons (Fsp3) is 0.118. The molecule has 1 aromatic heterocycles. The number of rotatable bonds is 2. The lowest BCUT2D eigenvalue weighted by molar-refractivity contribution is 0.103. The molecular formula is C17H13Cl2NOS. The van der Waals surface area contributed by atoms with Crippen LogP contribution < -0.4 is 5.32 Å². The molecule has 0 saturated carbocycles. The Hall–Kier alpha value is -1.55. The SMILES string of the molecule is Cc1ccc2c(Cl)c(C(=O)Nc3cc(Cl)ccc3C)sc2c1. The van der Waals surface area contributed by atoms with Crippen LogP contribution >= 0.6 is 34.5 Å². The van der Waals surface area contributed by atoms with Gasteiger partial charge < -0.3 is 5.32 Å². The van der Waals surface area contributed by atoms with Gasteiger partial charge in [-0.25, -0.2) is 0 Å². The van der Waals surface area contributed by atoms with Crippen molar-refractivity contribution in [2.45, 2.75) is 13.8 Å². The third kappa shape index (κ3) is 2.84. The Kier molecular flexibility index (Phi) is 4.13. The van der Waals surface area contributed by atoms with E-state index in [2.05, 4.69) is 5.32 Å². The number of benzene rings is 2. The normalized spacial score (nSPS) is 10.9. The Morgan fingerprint density at radius 2 is 1.86 bits per heavy atom. The number of aryl methyl sites for hydroxylation is 2. The first kappa shape index (κ1) is 15.3. The summed E-state index contributed by atoms with van der Waals surface area (Å²) >= 11 is 13.7. The van der Waals surface area contributed by atoms with Gasteiger partial charge in [-0.15, -0.1) is 11.3 Å². The summed E-state index contributed by atoms with van der Waals surface area (Å²) in [5, 5.41) is 4.87. The van der Waals surface area contributed by atoms with Crippen LogP contribution in [-0.2, 0) is 0 Å². The Balaban J connectivity index is 1.98. The van der Waals surface area contributed by atoms with Crippen LogP contribution in [0.4, 0.5) is 5.69 Å². The predicted molar refractivity (Wildman–Crippen MR) is 95.7 cm³/mol. The van der Waals surface area contributed by atoms with Gasteiger partial charge in [-0.2, -0.15) is 0 Å². The van der Waals surface area contributed by atoms with Crippen LogP contribution in [0.15, 0.2) is 36.4 Å². The molecule has 2 aromatic carbocycles. The topological polar surface area (TPSA) is 29.1 Å². The van der Waals surface area contributed by atoms with Crippen molar-refractivity contribution in [1.29, 1.82) is 0 Å². The standard InChI is InChI=1S/C17H13Cl2NOS/c1-9-3-6-12-14(7-9)22-16(15(12)19)17(21)20-13-8-11(18)5-4-10(13)2/h3-8H,1-2H3,(H,20,21). The molecule has 0 unspecified atom stereocenters. The Morgan fingerprint density at radius 3 is 2.64 bits per heavy atom. The lowest BCUT2D eigenvalue weighted by Crippen LogP contribution is -2.11. The maximum absolute atomic E-state index is 12.5. The zero-order valence-corrected chi connectivity index (χ0v) is 14.4. The molecule has 0 aliphatic rings. The van der Waals surface area contributed by atoms with Crippen LogP contribution in [0.2, 0.25) is 10.0 Å². The van der Waals surface area contributed by atoms with E-state index in [0.717, 1.165) is 21.2 Å². The smallest absolute Gasteiger partial charge is 0.267 e. The van der Waals surface area contributed by atoms with Crippen molar-refractivity contribution in [2.75, 3.05) is 5.32 Å². The minimum atomic E-state index is -0.214. The average Bonchev–Trinajstić information content (AvgIpc) is 2.79. The van der Waals surface area contributed by atoms with Crippen molar-refractivity contribution in [3.05, 3.63) is 62.4 Å². The fourth-order valence-corrected chi connectivity index (χ4v) is 3.91. The van der Waals surface area contributed by atoms with Crippen molar-refractivity contribution < 1.29 is 4.79 Å². The van der Waals surface area contributed by atoms with Gasteiger partial charge in [-0.1, -0.05) is 41.4 Å². The zero-order chi connectivity index (χ0) is 15.9. The molecule has 0 saturated heterocycles. The van der Waals surface area contributed by atoms with Crippen LogP contribution in [0.3, 0.4) is 0 Å². The Labute approximate surface area is 142 Å². The fourth-order valence-electron chi connectivity index (χ4n) is 2.23. The molecule has 1 heterocycles. The summed E-state index contributed by atoms with van der Waals surface area (Å²) in [4.78, 5) is 13.0. The van der Waals surface area contributed by atoms with Crippen molar-refractivity contribution in [3.8, 4) is 0 Å². The van der Waals surface area contributed by atoms with Crippen molar-refractivity contribution in [2.24, 2.45) is 0 Å². The van der Waals surface area contributed by atoms with E-state index in [1.807, 2.05) is 38.1 Å². The molecule has 0 atom stereocenters. The van der Waals surface area contributed by atoms with Gasteiger partial charge >= 0.3 is 0 Å². The number of fused-ring (bicyclic) bond motifs is 1. The summed E-state index contributed by atoms with van der Waals surface area (Å²) in [5.41, 5.74) is 2.79. The monoisotopic (exact) mass is 349 g/mol. The molecule has 3 rings (SSSR count). The second-order valence-corrected chi connectivity index (χ2v) is 7.02. The van der Waals surface area contributed by atoms with Gasteiger partial charge in [0.2, 0.25) is 0 Å². The van der Waals surface area contributed by atoms with Crippen molar-refractivity contribution >= 4 is 56.2 Å². The molecule has 5 heteroatoms. The van der Waals surface area contributed by atoms with Crippen LogP contribution in [0.1, 0.15) is 20.8 Å². The summed E-state index contributed by atoms with van der Waals surface area (Å²) in [6, 6.07) is 11.4. The molecule has 0 fully saturated rings. The highest BCUT2D eigenvalue weighted by atomic mass is 35.5. The molecular weight excluding hydrogens is 337 g/mol. The number of hydrogen-bond donors (Lipinski definition) is 1. The largest absolute Gasteiger partial charge is 0.321 e. The van der Waals surface area contributed by atoms with Gasteiger partial charge in [-0.3, -0.25) is 4.79 Å². The minimum Gasteiger partial charge on any atom is -0.321 e. The first-order valence-electron chi connectivity index (χ1n) is 6.72. The van der Waals surface area contributed by atoms with Gasteiger partial charge in [0.05, 0.1) is 5.02 Å². The van der Waals surface area contributed by atoms with E-state index in [1.54, 1.807) is 12.1 Å². The lowest BCUT2D eigenvalue weighted by Gasteiger charge is -2.08. The zero-order valence-electron chi connectivity index (χ0n) is 12.0. The summed E-state index contributed by atoms with van der Waals surface area (Å²) in [6.07, 6.45) is 0. The van der Waals surface area contributed by atoms with Gasteiger partial charge in [-0.05, 0) is 43.2 Å². The molecule has 112 valence electrons. The Morgan fingerprint density at radius 1 is 1.09 bits per heavy atom. The third-order valence-corrected chi connectivity index (χ3v) is 5.33. The molecule has 1 N–H and O–H groups in total.